The molecule has 2 aromatic rings. The summed E-state index contributed by atoms with van der Waals surface area (Å²) in [6.07, 6.45) is -0.127. The number of hydrogen-bond acceptors (Lipinski definition) is 5. The van der Waals surface area contributed by atoms with Crippen molar-refractivity contribution in [1.82, 2.24) is 5.32 Å². The van der Waals surface area contributed by atoms with Crippen LogP contribution in [0.25, 0.3) is 0 Å². The second kappa shape index (κ2) is 9.43. The molecule has 6 nitrogen and oxygen atoms in total. The third kappa shape index (κ3) is 5.63. The molecular formula is C19H22NO5P. The zero-order chi connectivity index (χ0) is 19.0. The second-order valence-corrected chi connectivity index (χ2v) is 7.95. The summed E-state index contributed by atoms with van der Waals surface area (Å²) < 4.78 is 22.0. The van der Waals surface area contributed by atoms with Gasteiger partial charge in [-0.1, -0.05) is 48.5 Å². The van der Waals surface area contributed by atoms with Gasteiger partial charge >= 0.3 is 7.60 Å². The Morgan fingerprint density at radius 3 is 2.04 bits per heavy atom. The molecule has 0 aliphatic heterocycles. The summed E-state index contributed by atoms with van der Waals surface area (Å²) in [5.41, 5.74) is 1.32. The predicted molar refractivity (Wildman–Crippen MR) is 99.3 cm³/mol. The molecule has 138 valence electrons. The number of ketones is 1. The number of nitrogens with one attached hydrogen (secondary N) is 1. The number of benzene rings is 2. The smallest absolute Gasteiger partial charge is 0.337 e. The normalized spacial score (nSPS) is 12.4. The highest BCUT2D eigenvalue weighted by molar-refractivity contribution is 7.54. The minimum atomic E-state index is -3.51. The van der Waals surface area contributed by atoms with E-state index in [0.29, 0.717) is 5.56 Å². The van der Waals surface area contributed by atoms with Crippen LogP contribution in [-0.4, -0.2) is 38.1 Å². The lowest BCUT2D eigenvalue weighted by molar-refractivity contribution is -0.118. The SMILES string of the molecule is COP(=O)(CC(=O)[C@H](Cc1ccccc1)NC(=O)c1ccccc1)OC. The quantitative estimate of drug-likeness (QED) is 0.681. The summed E-state index contributed by atoms with van der Waals surface area (Å²) in [6, 6.07) is 17.1. The van der Waals surface area contributed by atoms with Crippen LogP contribution in [0, 0.1) is 0 Å². The van der Waals surface area contributed by atoms with Gasteiger partial charge < -0.3 is 14.4 Å². The number of carbonyl (C=O) groups excluding carboxylic acids is 2. The molecule has 0 radical (unpaired) electrons. The molecule has 2 rings (SSSR count). The van der Waals surface area contributed by atoms with Crippen LogP contribution in [0.15, 0.2) is 60.7 Å². The van der Waals surface area contributed by atoms with Crippen molar-refractivity contribution in [1.29, 1.82) is 0 Å². The molecular weight excluding hydrogens is 353 g/mol. The summed E-state index contributed by atoms with van der Waals surface area (Å²) in [4.78, 5) is 25.2. The second-order valence-electron chi connectivity index (χ2n) is 5.68. The molecule has 0 saturated carbocycles. The molecule has 1 N–H and O–H groups in total. The van der Waals surface area contributed by atoms with E-state index in [9.17, 15) is 14.2 Å². The highest BCUT2D eigenvalue weighted by atomic mass is 31.2. The van der Waals surface area contributed by atoms with E-state index in [0.717, 1.165) is 5.56 Å². The molecule has 0 saturated heterocycles. The van der Waals surface area contributed by atoms with Crippen LogP contribution in [0.4, 0.5) is 0 Å². The molecule has 0 spiro atoms. The van der Waals surface area contributed by atoms with Crippen LogP contribution < -0.4 is 5.32 Å². The van der Waals surface area contributed by atoms with Crippen molar-refractivity contribution < 1.29 is 23.2 Å². The molecule has 26 heavy (non-hydrogen) atoms. The van der Waals surface area contributed by atoms with Crippen molar-refractivity contribution in [3.8, 4) is 0 Å². The first-order valence-corrected chi connectivity index (χ1v) is 9.83. The van der Waals surface area contributed by atoms with E-state index in [4.69, 9.17) is 9.05 Å². The third-order valence-corrected chi connectivity index (χ3v) is 5.73. The Morgan fingerprint density at radius 2 is 1.50 bits per heavy atom. The van der Waals surface area contributed by atoms with Crippen molar-refractivity contribution >= 4 is 19.3 Å². The monoisotopic (exact) mass is 375 g/mol. The summed E-state index contributed by atoms with van der Waals surface area (Å²) in [5, 5.41) is 2.73. The first-order chi connectivity index (χ1) is 12.5. The molecule has 0 fully saturated rings. The fraction of sp³-hybridized carbons (Fsp3) is 0.263. The molecule has 0 heterocycles. The average Bonchev–Trinajstić information content (AvgIpc) is 2.68. The molecule has 2 aromatic carbocycles. The average molecular weight is 375 g/mol. The minimum Gasteiger partial charge on any atom is -0.342 e. The molecule has 0 aliphatic carbocycles. The largest absolute Gasteiger partial charge is 0.342 e. The van der Waals surface area contributed by atoms with Gasteiger partial charge in [-0.25, -0.2) is 0 Å². The molecule has 1 amide bonds. The highest BCUT2D eigenvalue weighted by Crippen LogP contribution is 2.46. The minimum absolute atomic E-state index is 0.283. The number of carbonyl (C=O) groups is 2. The number of amides is 1. The van der Waals surface area contributed by atoms with Crippen LogP contribution in [-0.2, 0) is 24.8 Å². The standard InChI is InChI=1S/C19H22NO5P/c1-24-26(23,25-2)14-18(21)17(13-15-9-5-3-6-10-15)20-19(22)16-11-7-4-8-12-16/h3-12,17H,13-14H2,1-2H3,(H,20,22)/t17-/m0/s1. The number of Topliss-reactive ketones (excluding diaryl/α,β-unsaturated/α-hetero) is 1. The number of hydrogen-bond donors (Lipinski definition) is 1. The Morgan fingerprint density at radius 1 is 0.962 bits per heavy atom. The Hall–Kier alpha value is -2.27. The van der Waals surface area contributed by atoms with Gasteiger partial charge in [0.25, 0.3) is 5.91 Å². The van der Waals surface area contributed by atoms with E-state index >= 15 is 0 Å². The lowest BCUT2D eigenvalue weighted by Crippen LogP contribution is -2.43. The Kier molecular flexibility index (Phi) is 7.27. The third-order valence-electron chi connectivity index (χ3n) is 3.92. The van der Waals surface area contributed by atoms with E-state index < -0.39 is 25.6 Å². The maximum absolute atomic E-state index is 12.7. The van der Waals surface area contributed by atoms with Gasteiger partial charge in [-0.2, -0.15) is 0 Å². The first-order valence-electron chi connectivity index (χ1n) is 8.10. The van der Waals surface area contributed by atoms with Crippen LogP contribution >= 0.6 is 7.60 Å². The van der Waals surface area contributed by atoms with Gasteiger partial charge in [-0.05, 0) is 24.1 Å². The lowest BCUT2D eigenvalue weighted by Gasteiger charge is -2.20. The summed E-state index contributed by atoms with van der Waals surface area (Å²) in [7, 11) is -1.06. The van der Waals surface area contributed by atoms with Crippen molar-refractivity contribution in [2.24, 2.45) is 0 Å². The summed E-state index contributed by atoms with van der Waals surface area (Å²) in [5.74, 6) is -0.783. The van der Waals surface area contributed by atoms with Gasteiger partial charge in [0, 0.05) is 19.8 Å². The van der Waals surface area contributed by atoms with E-state index in [1.54, 1.807) is 30.3 Å². The van der Waals surface area contributed by atoms with Gasteiger partial charge in [0.05, 0.1) is 6.04 Å². The fourth-order valence-electron chi connectivity index (χ4n) is 2.43. The topological polar surface area (TPSA) is 81.7 Å². The maximum atomic E-state index is 12.7. The first kappa shape index (κ1) is 20.0. The summed E-state index contributed by atoms with van der Waals surface area (Å²) in [6.45, 7) is 0. The van der Waals surface area contributed by atoms with E-state index in [-0.39, 0.29) is 12.3 Å². The Bertz CT molecular complexity index is 771. The van der Waals surface area contributed by atoms with Crippen LogP contribution in [0.2, 0.25) is 0 Å². The molecule has 0 unspecified atom stereocenters. The van der Waals surface area contributed by atoms with Crippen LogP contribution in [0.1, 0.15) is 15.9 Å². The van der Waals surface area contributed by atoms with Crippen LogP contribution in [0.3, 0.4) is 0 Å². The van der Waals surface area contributed by atoms with Crippen molar-refractivity contribution in [3.63, 3.8) is 0 Å². The molecule has 1 atom stereocenters. The molecule has 0 aliphatic rings. The van der Waals surface area contributed by atoms with Gasteiger partial charge in [-0.3, -0.25) is 14.2 Å². The molecule has 0 aromatic heterocycles. The van der Waals surface area contributed by atoms with E-state index in [2.05, 4.69) is 5.32 Å². The summed E-state index contributed by atoms with van der Waals surface area (Å²) >= 11 is 0. The van der Waals surface area contributed by atoms with Gasteiger partial charge in [0.15, 0.2) is 5.78 Å². The Labute approximate surface area is 153 Å². The van der Waals surface area contributed by atoms with Gasteiger partial charge in [-0.15, -0.1) is 0 Å². The fourth-order valence-corrected chi connectivity index (χ4v) is 3.44. The zero-order valence-corrected chi connectivity index (χ0v) is 15.6. The van der Waals surface area contributed by atoms with E-state index in [1.165, 1.54) is 14.2 Å². The van der Waals surface area contributed by atoms with Crippen molar-refractivity contribution in [2.45, 2.75) is 12.5 Å². The van der Waals surface area contributed by atoms with E-state index in [1.807, 2.05) is 30.3 Å². The van der Waals surface area contributed by atoms with Crippen molar-refractivity contribution in [3.05, 3.63) is 71.8 Å². The van der Waals surface area contributed by atoms with Crippen LogP contribution in [0.5, 0.6) is 0 Å². The number of rotatable bonds is 9. The van der Waals surface area contributed by atoms with Gasteiger partial charge in [0.2, 0.25) is 0 Å². The highest BCUT2D eigenvalue weighted by Gasteiger charge is 2.31. The van der Waals surface area contributed by atoms with Crippen molar-refractivity contribution in [2.75, 3.05) is 20.4 Å². The molecule has 0 bridgehead atoms. The predicted octanol–water partition coefficient (Wildman–Crippen LogP) is 3.08. The Balaban J connectivity index is 2.19. The van der Waals surface area contributed by atoms with Gasteiger partial charge in [0.1, 0.15) is 6.16 Å². The zero-order valence-electron chi connectivity index (χ0n) is 14.8. The maximum Gasteiger partial charge on any atom is 0.337 e. The molecule has 7 heteroatoms. The lowest BCUT2D eigenvalue weighted by atomic mass is 10.0.